The molecule has 1 N–H and O–H groups in total. The van der Waals surface area contributed by atoms with Crippen LogP contribution in [0.4, 0.5) is 0 Å². The maximum atomic E-state index is 12.8. The first kappa shape index (κ1) is 15.2. The molecule has 0 saturated carbocycles. The van der Waals surface area contributed by atoms with Crippen LogP contribution in [0.2, 0.25) is 0 Å². The average molecular weight is 300 g/mol. The van der Waals surface area contributed by atoms with Crippen LogP contribution >= 0.6 is 0 Å². The van der Waals surface area contributed by atoms with Crippen molar-refractivity contribution in [3.05, 3.63) is 40.4 Å². The molecule has 3 rings (SSSR count). The third-order valence-corrected chi connectivity index (χ3v) is 4.48. The normalized spacial score (nSPS) is 17.7. The van der Waals surface area contributed by atoms with Crippen LogP contribution in [0, 0.1) is 0 Å². The topological polar surface area (TPSA) is 50.2 Å². The third-order valence-electron chi connectivity index (χ3n) is 4.48. The average Bonchev–Trinajstić information content (AvgIpc) is 2.57. The fourth-order valence-corrected chi connectivity index (χ4v) is 3.34. The zero-order valence-corrected chi connectivity index (χ0v) is 13.4. The van der Waals surface area contributed by atoms with Crippen LogP contribution in [0.15, 0.2) is 29.1 Å². The lowest BCUT2D eigenvalue weighted by Gasteiger charge is -2.34. The molecule has 1 atom stereocenters. The van der Waals surface area contributed by atoms with Crippen molar-refractivity contribution in [2.24, 2.45) is 0 Å². The predicted molar refractivity (Wildman–Crippen MR) is 89.2 cm³/mol. The highest BCUT2D eigenvalue weighted by Crippen LogP contribution is 2.23. The Balaban J connectivity index is 2.13. The minimum absolute atomic E-state index is 0.0803. The number of nitrogens with zero attached hydrogens (tertiary/aromatic N) is 3. The van der Waals surface area contributed by atoms with Crippen LogP contribution in [-0.4, -0.2) is 40.6 Å². The summed E-state index contributed by atoms with van der Waals surface area (Å²) in [5.41, 5.74) is 0.887. The SMILES string of the molecule is CC[C@@H](c1nc2ccccc2c(=O)n1CC)N1CCNCC1. The Morgan fingerprint density at radius 1 is 1.23 bits per heavy atom. The highest BCUT2D eigenvalue weighted by molar-refractivity contribution is 5.77. The molecule has 0 aliphatic carbocycles. The number of benzene rings is 1. The predicted octanol–water partition coefficient (Wildman–Crippen LogP) is 1.77. The second-order valence-electron chi connectivity index (χ2n) is 5.75. The van der Waals surface area contributed by atoms with Crippen molar-refractivity contribution in [1.29, 1.82) is 0 Å². The van der Waals surface area contributed by atoms with Crippen LogP contribution in [0.25, 0.3) is 10.9 Å². The van der Waals surface area contributed by atoms with Gasteiger partial charge in [-0.1, -0.05) is 19.1 Å². The summed E-state index contributed by atoms with van der Waals surface area (Å²) in [6.45, 7) is 8.87. The first-order valence-corrected chi connectivity index (χ1v) is 8.20. The molecule has 1 aliphatic heterocycles. The quantitative estimate of drug-likeness (QED) is 0.935. The number of hydrogen-bond acceptors (Lipinski definition) is 4. The maximum Gasteiger partial charge on any atom is 0.261 e. The molecule has 2 heterocycles. The van der Waals surface area contributed by atoms with Gasteiger partial charge in [0, 0.05) is 32.7 Å². The van der Waals surface area contributed by atoms with Crippen molar-refractivity contribution in [3.63, 3.8) is 0 Å². The second-order valence-corrected chi connectivity index (χ2v) is 5.75. The van der Waals surface area contributed by atoms with Crippen LogP contribution in [0.3, 0.4) is 0 Å². The molecule has 1 saturated heterocycles. The Labute approximate surface area is 131 Å². The van der Waals surface area contributed by atoms with E-state index < -0.39 is 0 Å². The minimum Gasteiger partial charge on any atom is -0.314 e. The molecule has 0 radical (unpaired) electrons. The van der Waals surface area contributed by atoms with Gasteiger partial charge in [-0.3, -0.25) is 14.3 Å². The van der Waals surface area contributed by atoms with Crippen LogP contribution < -0.4 is 10.9 Å². The summed E-state index contributed by atoms with van der Waals surface area (Å²) in [5.74, 6) is 0.913. The molecule has 22 heavy (non-hydrogen) atoms. The van der Waals surface area contributed by atoms with Gasteiger partial charge in [0.25, 0.3) is 5.56 Å². The van der Waals surface area contributed by atoms with Crippen molar-refractivity contribution in [2.45, 2.75) is 32.9 Å². The van der Waals surface area contributed by atoms with Gasteiger partial charge in [-0.05, 0) is 25.5 Å². The van der Waals surface area contributed by atoms with Crippen LogP contribution in [0.5, 0.6) is 0 Å². The van der Waals surface area contributed by atoms with Gasteiger partial charge in [0.1, 0.15) is 5.82 Å². The summed E-state index contributed by atoms with van der Waals surface area (Å²) in [7, 11) is 0. The molecule has 1 aliphatic rings. The Kier molecular flexibility index (Phi) is 4.55. The molecule has 2 aromatic rings. The molecule has 1 aromatic heterocycles. The molecular formula is C17H24N4O. The van der Waals surface area contributed by atoms with Crippen molar-refractivity contribution in [1.82, 2.24) is 19.8 Å². The molecule has 1 fully saturated rings. The van der Waals surface area contributed by atoms with E-state index in [-0.39, 0.29) is 11.6 Å². The van der Waals surface area contributed by atoms with Gasteiger partial charge in [-0.25, -0.2) is 4.98 Å². The number of fused-ring (bicyclic) bond motifs is 1. The zero-order valence-electron chi connectivity index (χ0n) is 13.4. The summed E-state index contributed by atoms with van der Waals surface area (Å²) < 4.78 is 1.85. The standard InChI is InChI=1S/C17H24N4O/c1-3-15(20-11-9-18-10-12-20)16-19-14-8-6-5-7-13(14)17(22)21(16)4-2/h5-8,15,18H,3-4,9-12H2,1-2H3/t15-/m0/s1. The highest BCUT2D eigenvalue weighted by Gasteiger charge is 2.25. The molecular weight excluding hydrogens is 276 g/mol. The fourth-order valence-electron chi connectivity index (χ4n) is 3.34. The van der Waals surface area contributed by atoms with E-state index in [0.29, 0.717) is 11.9 Å². The number of hydrogen-bond donors (Lipinski definition) is 1. The van der Waals surface area contributed by atoms with E-state index in [4.69, 9.17) is 4.98 Å². The summed E-state index contributed by atoms with van der Waals surface area (Å²) in [6.07, 6.45) is 0.963. The number of rotatable bonds is 4. The maximum absolute atomic E-state index is 12.8. The van der Waals surface area contributed by atoms with Gasteiger partial charge in [0.15, 0.2) is 0 Å². The van der Waals surface area contributed by atoms with Gasteiger partial charge in [0.2, 0.25) is 0 Å². The largest absolute Gasteiger partial charge is 0.314 e. The second kappa shape index (κ2) is 6.58. The number of nitrogens with one attached hydrogen (secondary N) is 1. The van der Waals surface area contributed by atoms with E-state index in [0.717, 1.165) is 43.9 Å². The molecule has 1 aromatic carbocycles. The van der Waals surface area contributed by atoms with Gasteiger partial charge >= 0.3 is 0 Å². The van der Waals surface area contributed by atoms with Crippen LogP contribution in [-0.2, 0) is 6.54 Å². The first-order valence-electron chi connectivity index (χ1n) is 8.20. The fraction of sp³-hybridized carbons (Fsp3) is 0.529. The lowest BCUT2D eigenvalue weighted by atomic mass is 10.1. The van der Waals surface area contributed by atoms with Gasteiger partial charge in [0.05, 0.1) is 16.9 Å². The molecule has 5 heteroatoms. The number of para-hydroxylation sites is 1. The van der Waals surface area contributed by atoms with Crippen molar-refractivity contribution >= 4 is 10.9 Å². The van der Waals surface area contributed by atoms with Gasteiger partial charge < -0.3 is 5.32 Å². The van der Waals surface area contributed by atoms with Crippen molar-refractivity contribution in [3.8, 4) is 0 Å². The zero-order chi connectivity index (χ0) is 15.5. The van der Waals surface area contributed by atoms with E-state index in [2.05, 4.69) is 17.1 Å². The summed E-state index contributed by atoms with van der Waals surface area (Å²) in [4.78, 5) is 20.1. The molecule has 0 bridgehead atoms. The smallest absolute Gasteiger partial charge is 0.261 e. The Morgan fingerprint density at radius 3 is 2.64 bits per heavy atom. The minimum atomic E-state index is 0.0803. The van der Waals surface area contributed by atoms with E-state index >= 15 is 0 Å². The van der Waals surface area contributed by atoms with E-state index in [9.17, 15) is 4.79 Å². The lowest BCUT2D eigenvalue weighted by molar-refractivity contribution is 0.158. The van der Waals surface area contributed by atoms with Crippen LogP contribution in [0.1, 0.15) is 32.1 Å². The van der Waals surface area contributed by atoms with Crippen molar-refractivity contribution < 1.29 is 0 Å². The Bertz CT molecular complexity index is 703. The van der Waals surface area contributed by atoms with Gasteiger partial charge in [-0.15, -0.1) is 0 Å². The van der Waals surface area contributed by atoms with Gasteiger partial charge in [-0.2, -0.15) is 0 Å². The monoisotopic (exact) mass is 300 g/mol. The molecule has 0 amide bonds. The lowest BCUT2D eigenvalue weighted by Crippen LogP contribution is -2.46. The number of piperazine rings is 1. The summed E-state index contributed by atoms with van der Waals surface area (Å²) in [5, 5.41) is 4.10. The van der Waals surface area contributed by atoms with E-state index in [1.807, 2.05) is 35.8 Å². The van der Waals surface area contributed by atoms with E-state index in [1.54, 1.807) is 0 Å². The highest BCUT2D eigenvalue weighted by atomic mass is 16.1. The molecule has 5 nitrogen and oxygen atoms in total. The molecule has 0 unspecified atom stereocenters. The number of aromatic nitrogens is 2. The Hall–Kier alpha value is -1.72. The Morgan fingerprint density at radius 2 is 1.95 bits per heavy atom. The first-order chi connectivity index (χ1) is 10.8. The molecule has 118 valence electrons. The summed E-state index contributed by atoms with van der Waals surface area (Å²) in [6, 6.07) is 7.86. The molecule has 0 spiro atoms. The third kappa shape index (κ3) is 2.66. The summed E-state index contributed by atoms with van der Waals surface area (Å²) >= 11 is 0. The van der Waals surface area contributed by atoms with E-state index in [1.165, 1.54) is 0 Å². The van der Waals surface area contributed by atoms with Crippen molar-refractivity contribution in [2.75, 3.05) is 26.2 Å².